The molecule has 0 spiro atoms. The third-order valence-corrected chi connectivity index (χ3v) is 3.75. The van der Waals surface area contributed by atoms with Crippen LogP contribution in [0.25, 0.3) is 0 Å². The number of carbonyl (C=O) groups is 1. The van der Waals surface area contributed by atoms with Crippen LogP contribution in [0.5, 0.6) is 0 Å². The van der Waals surface area contributed by atoms with E-state index >= 15 is 0 Å². The summed E-state index contributed by atoms with van der Waals surface area (Å²) in [4.78, 5) is 12.4. The molecule has 2 heterocycles. The van der Waals surface area contributed by atoms with E-state index in [0.29, 0.717) is 18.8 Å². The number of hydrogen-bond donors (Lipinski definition) is 1. The van der Waals surface area contributed by atoms with Gasteiger partial charge in [0.15, 0.2) is 5.78 Å². The molecule has 3 rings (SSSR count). The maximum atomic E-state index is 12.8. The SMILES string of the molecule is O=C(c1ccc(F)cc1)C1CC2COCC(C1)N2. The van der Waals surface area contributed by atoms with Crippen molar-refractivity contribution in [2.24, 2.45) is 5.92 Å². The first-order valence-corrected chi connectivity index (χ1v) is 6.36. The standard InChI is InChI=1S/C14H16FNO2/c15-11-3-1-9(2-4-11)14(17)10-5-12-7-18-8-13(6-10)16-12/h1-4,10,12-13,16H,5-8H2. The molecular weight excluding hydrogens is 233 g/mol. The fraction of sp³-hybridized carbons (Fsp3) is 0.500. The Hall–Kier alpha value is -1.26. The van der Waals surface area contributed by atoms with Crippen molar-refractivity contribution < 1.29 is 13.9 Å². The van der Waals surface area contributed by atoms with Crippen LogP contribution in [0, 0.1) is 11.7 Å². The number of benzene rings is 1. The van der Waals surface area contributed by atoms with Crippen molar-refractivity contribution in [3.05, 3.63) is 35.6 Å². The predicted octanol–water partition coefficient (Wildman–Crippen LogP) is 1.78. The fourth-order valence-electron chi connectivity index (χ4n) is 2.90. The zero-order chi connectivity index (χ0) is 12.5. The molecule has 2 aliphatic heterocycles. The average molecular weight is 249 g/mol. The van der Waals surface area contributed by atoms with Gasteiger partial charge in [-0.15, -0.1) is 0 Å². The summed E-state index contributed by atoms with van der Waals surface area (Å²) in [5, 5.41) is 3.46. The van der Waals surface area contributed by atoms with E-state index in [2.05, 4.69) is 5.32 Å². The molecule has 0 radical (unpaired) electrons. The molecule has 2 unspecified atom stereocenters. The molecule has 2 saturated heterocycles. The summed E-state index contributed by atoms with van der Waals surface area (Å²) in [6, 6.07) is 6.41. The second kappa shape index (κ2) is 4.78. The lowest BCUT2D eigenvalue weighted by Crippen LogP contribution is -2.55. The largest absolute Gasteiger partial charge is 0.378 e. The van der Waals surface area contributed by atoms with Crippen LogP contribution in [0.15, 0.2) is 24.3 Å². The molecule has 2 fully saturated rings. The lowest BCUT2D eigenvalue weighted by molar-refractivity contribution is 0.00953. The number of morpholine rings is 1. The minimum Gasteiger partial charge on any atom is -0.378 e. The summed E-state index contributed by atoms with van der Waals surface area (Å²) in [5.74, 6) is -0.133. The van der Waals surface area contributed by atoms with E-state index < -0.39 is 0 Å². The molecule has 1 aromatic rings. The highest BCUT2D eigenvalue weighted by Crippen LogP contribution is 2.27. The first kappa shape index (κ1) is 11.8. The number of ketones is 1. The number of nitrogens with one attached hydrogen (secondary N) is 1. The Bertz CT molecular complexity index is 434. The fourth-order valence-corrected chi connectivity index (χ4v) is 2.90. The third-order valence-electron chi connectivity index (χ3n) is 3.75. The second-order valence-corrected chi connectivity index (χ2v) is 5.14. The maximum absolute atomic E-state index is 12.8. The molecule has 2 bridgehead atoms. The minimum atomic E-state index is -0.304. The average Bonchev–Trinajstić information content (AvgIpc) is 2.38. The Labute approximate surface area is 105 Å². The molecule has 0 amide bonds. The van der Waals surface area contributed by atoms with Crippen molar-refractivity contribution in [1.82, 2.24) is 5.32 Å². The number of piperidine rings is 1. The molecule has 2 aliphatic rings. The van der Waals surface area contributed by atoms with Gasteiger partial charge in [-0.05, 0) is 37.1 Å². The number of fused-ring (bicyclic) bond motifs is 2. The van der Waals surface area contributed by atoms with Gasteiger partial charge in [-0.1, -0.05) is 0 Å². The van der Waals surface area contributed by atoms with E-state index in [1.54, 1.807) is 12.1 Å². The highest BCUT2D eigenvalue weighted by Gasteiger charge is 2.35. The Kier molecular flexibility index (Phi) is 3.14. The quantitative estimate of drug-likeness (QED) is 0.812. The molecule has 96 valence electrons. The molecule has 2 atom stereocenters. The van der Waals surface area contributed by atoms with Gasteiger partial charge in [-0.3, -0.25) is 4.79 Å². The van der Waals surface area contributed by atoms with Crippen LogP contribution in [0.4, 0.5) is 4.39 Å². The summed E-state index contributed by atoms with van der Waals surface area (Å²) in [6.45, 7) is 1.37. The number of halogens is 1. The zero-order valence-electron chi connectivity index (χ0n) is 10.1. The molecular formula is C14H16FNO2. The van der Waals surface area contributed by atoms with Crippen LogP contribution in [-0.4, -0.2) is 31.1 Å². The maximum Gasteiger partial charge on any atom is 0.166 e. The Balaban J connectivity index is 1.74. The van der Waals surface area contributed by atoms with Crippen molar-refractivity contribution in [3.63, 3.8) is 0 Å². The van der Waals surface area contributed by atoms with Crippen LogP contribution < -0.4 is 5.32 Å². The van der Waals surface area contributed by atoms with Crippen LogP contribution >= 0.6 is 0 Å². The van der Waals surface area contributed by atoms with E-state index in [1.807, 2.05) is 0 Å². The van der Waals surface area contributed by atoms with Gasteiger partial charge in [0.25, 0.3) is 0 Å². The zero-order valence-corrected chi connectivity index (χ0v) is 10.1. The van der Waals surface area contributed by atoms with E-state index in [1.165, 1.54) is 12.1 Å². The summed E-state index contributed by atoms with van der Waals surface area (Å²) in [6.07, 6.45) is 1.62. The Morgan fingerprint density at radius 3 is 2.39 bits per heavy atom. The van der Waals surface area contributed by atoms with Gasteiger partial charge in [0.2, 0.25) is 0 Å². The van der Waals surface area contributed by atoms with Gasteiger partial charge in [0.1, 0.15) is 5.82 Å². The summed E-state index contributed by atoms with van der Waals surface area (Å²) in [7, 11) is 0. The second-order valence-electron chi connectivity index (χ2n) is 5.14. The van der Waals surface area contributed by atoms with Gasteiger partial charge >= 0.3 is 0 Å². The molecule has 0 aromatic heterocycles. The first-order chi connectivity index (χ1) is 8.72. The van der Waals surface area contributed by atoms with Crippen molar-refractivity contribution in [2.45, 2.75) is 24.9 Å². The Morgan fingerprint density at radius 1 is 1.17 bits per heavy atom. The molecule has 1 aromatic carbocycles. The summed E-state index contributed by atoms with van der Waals surface area (Å²) in [5.41, 5.74) is 0.613. The van der Waals surface area contributed by atoms with Gasteiger partial charge in [-0.25, -0.2) is 4.39 Å². The number of carbonyl (C=O) groups excluding carboxylic acids is 1. The van der Waals surface area contributed by atoms with Crippen LogP contribution in [0.1, 0.15) is 23.2 Å². The highest BCUT2D eigenvalue weighted by molar-refractivity contribution is 5.97. The van der Waals surface area contributed by atoms with Gasteiger partial charge in [0.05, 0.1) is 13.2 Å². The van der Waals surface area contributed by atoms with Crippen molar-refractivity contribution in [1.29, 1.82) is 0 Å². The van der Waals surface area contributed by atoms with Crippen molar-refractivity contribution in [3.8, 4) is 0 Å². The third kappa shape index (κ3) is 2.31. The van der Waals surface area contributed by atoms with E-state index in [0.717, 1.165) is 12.8 Å². The lowest BCUT2D eigenvalue weighted by atomic mass is 9.82. The van der Waals surface area contributed by atoms with Gasteiger partial charge in [-0.2, -0.15) is 0 Å². The van der Waals surface area contributed by atoms with Crippen LogP contribution in [0.3, 0.4) is 0 Å². The predicted molar refractivity (Wildman–Crippen MR) is 65.0 cm³/mol. The smallest absolute Gasteiger partial charge is 0.166 e. The van der Waals surface area contributed by atoms with E-state index in [4.69, 9.17) is 4.74 Å². The van der Waals surface area contributed by atoms with E-state index in [-0.39, 0.29) is 29.6 Å². The lowest BCUT2D eigenvalue weighted by Gasteiger charge is -2.39. The molecule has 3 nitrogen and oxygen atoms in total. The van der Waals surface area contributed by atoms with Gasteiger partial charge in [0, 0.05) is 23.6 Å². The van der Waals surface area contributed by atoms with E-state index in [9.17, 15) is 9.18 Å². The number of rotatable bonds is 2. The monoisotopic (exact) mass is 249 g/mol. The normalized spacial score (nSPS) is 31.1. The molecule has 1 N–H and O–H groups in total. The minimum absolute atomic E-state index is 0.0376. The number of hydrogen-bond acceptors (Lipinski definition) is 3. The number of Topliss-reactive ketones (excluding diaryl/α,β-unsaturated/α-hetero) is 1. The molecule has 0 saturated carbocycles. The topological polar surface area (TPSA) is 38.3 Å². The number of ether oxygens (including phenoxy) is 1. The van der Waals surface area contributed by atoms with Crippen molar-refractivity contribution in [2.75, 3.05) is 13.2 Å². The van der Waals surface area contributed by atoms with Crippen molar-refractivity contribution >= 4 is 5.78 Å². The molecule has 0 aliphatic carbocycles. The Morgan fingerprint density at radius 2 is 1.78 bits per heavy atom. The summed E-state index contributed by atoms with van der Waals surface area (Å²) >= 11 is 0. The molecule has 18 heavy (non-hydrogen) atoms. The molecule has 4 heteroatoms. The van der Waals surface area contributed by atoms with Crippen LogP contribution in [-0.2, 0) is 4.74 Å². The highest BCUT2D eigenvalue weighted by atomic mass is 19.1. The van der Waals surface area contributed by atoms with Gasteiger partial charge < -0.3 is 10.1 Å². The van der Waals surface area contributed by atoms with Crippen LogP contribution in [0.2, 0.25) is 0 Å². The summed E-state index contributed by atoms with van der Waals surface area (Å²) < 4.78 is 18.3. The first-order valence-electron chi connectivity index (χ1n) is 6.36.